The van der Waals surface area contributed by atoms with Crippen molar-refractivity contribution in [1.82, 2.24) is 10.2 Å². The number of ether oxygens (including phenoxy) is 2. The van der Waals surface area contributed by atoms with E-state index in [0.717, 1.165) is 25.9 Å². The molecule has 0 radical (unpaired) electrons. The number of hydrogen-bond acceptors (Lipinski definition) is 5. The molecule has 8 nitrogen and oxygen atoms in total. The number of rotatable bonds is 5. The molecule has 1 unspecified atom stereocenters. The molecule has 0 aromatic heterocycles. The molecule has 27 heavy (non-hydrogen) atoms. The number of anilines is 1. The van der Waals surface area contributed by atoms with Crippen molar-refractivity contribution in [1.29, 1.82) is 0 Å². The van der Waals surface area contributed by atoms with E-state index < -0.39 is 5.92 Å². The summed E-state index contributed by atoms with van der Waals surface area (Å²) in [4.78, 5) is 40.2. The van der Waals surface area contributed by atoms with Crippen LogP contribution in [0.25, 0.3) is 0 Å². The first kappa shape index (κ1) is 17.6. The zero-order valence-corrected chi connectivity index (χ0v) is 15.1. The van der Waals surface area contributed by atoms with E-state index in [1.807, 2.05) is 4.90 Å². The van der Waals surface area contributed by atoms with E-state index in [9.17, 15) is 14.4 Å². The summed E-state index contributed by atoms with van der Waals surface area (Å²) in [5.74, 6) is 0.654. The molecule has 0 saturated carbocycles. The van der Waals surface area contributed by atoms with Gasteiger partial charge in [0.25, 0.3) is 0 Å². The number of nitrogens with one attached hydrogen (secondary N) is 1. The first-order chi connectivity index (χ1) is 13.1. The maximum Gasteiger partial charge on any atom is 0.231 e. The second kappa shape index (κ2) is 7.46. The number of benzene rings is 1. The minimum absolute atomic E-state index is 0.0808. The highest BCUT2D eigenvalue weighted by Gasteiger charge is 2.35. The van der Waals surface area contributed by atoms with Crippen LogP contribution in [0, 0.1) is 5.92 Å². The van der Waals surface area contributed by atoms with Crippen LogP contribution in [-0.4, -0.2) is 55.6 Å². The number of carbonyl (C=O) groups is 3. The Bertz CT molecular complexity index is 760. The van der Waals surface area contributed by atoms with Gasteiger partial charge in [-0.2, -0.15) is 0 Å². The van der Waals surface area contributed by atoms with Crippen LogP contribution in [-0.2, 0) is 14.4 Å². The fourth-order valence-electron chi connectivity index (χ4n) is 3.75. The van der Waals surface area contributed by atoms with Crippen molar-refractivity contribution in [2.75, 3.05) is 37.9 Å². The lowest BCUT2D eigenvalue weighted by molar-refractivity contribution is -0.130. The third-order valence-corrected chi connectivity index (χ3v) is 5.26. The van der Waals surface area contributed by atoms with Crippen molar-refractivity contribution in [2.45, 2.75) is 25.7 Å². The van der Waals surface area contributed by atoms with Crippen molar-refractivity contribution in [3.05, 3.63) is 18.2 Å². The zero-order chi connectivity index (χ0) is 18.8. The monoisotopic (exact) mass is 373 g/mol. The van der Waals surface area contributed by atoms with Gasteiger partial charge in [-0.05, 0) is 25.0 Å². The lowest BCUT2D eigenvalue weighted by Gasteiger charge is -2.17. The molecule has 3 heterocycles. The molecule has 144 valence electrons. The summed E-state index contributed by atoms with van der Waals surface area (Å²) in [6, 6.07) is 5.32. The fourth-order valence-corrected chi connectivity index (χ4v) is 3.75. The Labute approximate surface area is 157 Å². The van der Waals surface area contributed by atoms with E-state index in [1.54, 1.807) is 23.1 Å². The lowest BCUT2D eigenvalue weighted by atomic mass is 10.1. The van der Waals surface area contributed by atoms with Crippen molar-refractivity contribution in [3.8, 4) is 11.5 Å². The van der Waals surface area contributed by atoms with E-state index in [0.29, 0.717) is 36.7 Å². The summed E-state index contributed by atoms with van der Waals surface area (Å²) >= 11 is 0. The summed E-state index contributed by atoms with van der Waals surface area (Å²) in [7, 11) is 0. The van der Waals surface area contributed by atoms with E-state index in [2.05, 4.69) is 5.32 Å². The standard InChI is InChI=1S/C19H23N3O5/c23-17(21-7-1-2-8-21)5-6-20-19(25)13-9-18(24)22(11-13)14-3-4-15-16(10-14)27-12-26-15/h3-4,10,13H,1-2,5-9,11-12H2,(H,20,25). The normalized spacial score (nSPS) is 21.0. The Hall–Kier alpha value is -2.77. The largest absolute Gasteiger partial charge is 0.454 e. The van der Waals surface area contributed by atoms with Gasteiger partial charge in [0, 0.05) is 50.8 Å². The molecule has 0 spiro atoms. The number of hydrogen-bond donors (Lipinski definition) is 1. The highest BCUT2D eigenvalue weighted by molar-refractivity contribution is 6.00. The average Bonchev–Trinajstić information content (AvgIpc) is 3.41. The Balaban J connectivity index is 1.29. The van der Waals surface area contributed by atoms with Crippen LogP contribution in [0.15, 0.2) is 18.2 Å². The number of nitrogens with zero attached hydrogens (tertiary/aromatic N) is 2. The second-order valence-corrected chi connectivity index (χ2v) is 7.07. The number of amides is 3. The van der Waals surface area contributed by atoms with Gasteiger partial charge in [-0.3, -0.25) is 14.4 Å². The van der Waals surface area contributed by atoms with Gasteiger partial charge in [0.15, 0.2) is 11.5 Å². The second-order valence-electron chi connectivity index (χ2n) is 7.07. The maximum absolute atomic E-state index is 12.4. The Morgan fingerprint density at radius 2 is 1.93 bits per heavy atom. The molecule has 2 saturated heterocycles. The van der Waals surface area contributed by atoms with Gasteiger partial charge in [-0.15, -0.1) is 0 Å². The zero-order valence-electron chi connectivity index (χ0n) is 15.1. The molecule has 2 fully saturated rings. The van der Waals surface area contributed by atoms with Gasteiger partial charge in [0.05, 0.1) is 5.92 Å². The Kier molecular flexibility index (Phi) is 4.87. The Morgan fingerprint density at radius 1 is 1.15 bits per heavy atom. The smallest absolute Gasteiger partial charge is 0.231 e. The first-order valence-electron chi connectivity index (χ1n) is 9.37. The molecule has 3 amide bonds. The molecule has 4 rings (SSSR count). The van der Waals surface area contributed by atoms with Crippen LogP contribution in [0.4, 0.5) is 5.69 Å². The van der Waals surface area contributed by atoms with E-state index >= 15 is 0 Å². The average molecular weight is 373 g/mol. The third kappa shape index (κ3) is 3.70. The molecule has 8 heteroatoms. The summed E-state index contributed by atoms with van der Waals surface area (Å²) < 4.78 is 10.6. The third-order valence-electron chi connectivity index (χ3n) is 5.26. The van der Waals surface area contributed by atoms with Gasteiger partial charge < -0.3 is 24.6 Å². The molecule has 1 atom stereocenters. The van der Waals surface area contributed by atoms with Gasteiger partial charge in [-0.1, -0.05) is 0 Å². The van der Waals surface area contributed by atoms with E-state index in [-0.39, 0.29) is 30.9 Å². The summed E-state index contributed by atoms with van der Waals surface area (Å²) in [5, 5.41) is 2.80. The highest BCUT2D eigenvalue weighted by Crippen LogP contribution is 2.37. The summed E-state index contributed by atoms with van der Waals surface area (Å²) in [6.07, 6.45) is 2.58. The van der Waals surface area contributed by atoms with Crippen LogP contribution in [0.3, 0.4) is 0 Å². The predicted octanol–water partition coefficient (Wildman–Crippen LogP) is 0.897. The molecular weight excluding hydrogens is 350 g/mol. The number of carbonyl (C=O) groups excluding carboxylic acids is 3. The number of fused-ring (bicyclic) bond motifs is 1. The fraction of sp³-hybridized carbons (Fsp3) is 0.526. The minimum Gasteiger partial charge on any atom is -0.454 e. The molecular formula is C19H23N3O5. The molecule has 0 aliphatic carbocycles. The molecule has 3 aliphatic heterocycles. The van der Waals surface area contributed by atoms with Crippen molar-refractivity contribution < 1.29 is 23.9 Å². The quantitative estimate of drug-likeness (QED) is 0.828. The van der Waals surface area contributed by atoms with Crippen LogP contribution >= 0.6 is 0 Å². The minimum atomic E-state index is -0.412. The van der Waals surface area contributed by atoms with Gasteiger partial charge in [-0.25, -0.2) is 0 Å². The topological polar surface area (TPSA) is 88.2 Å². The predicted molar refractivity (Wildman–Crippen MR) is 96.5 cm³/mol. The van der Waals surface area contributed by atoms with E-state index in [4.69, 9.17) is 9.47 Å². The number of likely N-dealkylation sites (tertiary alicyclic amines) is 1. The highest BCUT2D eigenvalue weighted by atomic mass is 16.7. The van der Waals surface area contributed by atoms with Gasteiger partial charge in [0.1, 0.15) is 0 Å². The van der Waals surface area contributed by atoms with Crippen LogP contribution in [0.2, 0.25) is 0 Å². The van der Waals surface area contributed by atoms with Crippen LogP contribution < -0.4 is 19.7 Å². The van der Waals surface area contributed by atoms with Gasteiger partial charge in [0.2, 0.25) is 24.5 Å². The van der Waals surface area contributed by atoms with Crippen LogP contribution in [0.1, 0.15) is 25.7 Å². The molecule has 1 N–H and O–H groups in total. The van der Waals surface area contributed by atoms with E-state index in [1.165, 1.54) is 0 Å². The van der Waals surface area contributed by atoms with Crippen LogP contribution in [0.5, 0.6) is 11.5 Å². The molecule has 1 aromatic carbocycles. The van der Waals surface area contributed by atoms with Crippen molar-refractivity contribution >= 4 is 23.4 Å². The summed E-state index contributed by atoms with van der Waals surface area (Å²) in [6.45, 7) is 2.43. The van der Waals surface area contributed by atoms with Crippen molar-refractivity contribution in [2.24, 2.45) is 5.92 Å². The van der Waals surface area contributed by atoms with Crippen molar-refractivity contribution in [3.63, 3.8) is 0 Å². The summed E-state index contributed by atoms with van der Waals surface area (Å²) in [5.41, 5.74) is 0.698. The first-order valence-corrected chi connectivity index (χ1v) is 9.37. The molecule has 3 aliphatic rings. The Morgan fingerprint density at radius 3 is 2.74 bits per heavy atom. The molecule has 1 aromatic rings. The van der Waals surface area contributed by atoms with Gasteiger partial charge >= 0.3 is 0 Å². The molecule has 0 bridgehead atoms. The SMILES string of the molecule is O=C(NCCC(=O)N1CCCC1)C1CC(=O)N(c2ccc3c(c2)OCO3)C1. The maximum atomic E-state index is 12.4. The lowest BCUT2D eigenvalue weighted by Crippen LogP contribution is -2.36.